The van der Waals surface area contributed by atoms with Crippen LogP contribution in [0.25, 0.3) is 0 Å². The van der Waals surface area contributed by atoms with Gasteiger partial charge in [-0.1, -0.05) is 0 Å². The third-order valence-corrected chi connectivity index (χ3v) is 1.75. The maximum atomic E-state index is 11.3. The van der Waals surface area contributed by atoms with Crippen molar-refractivity contribution < 1.29 is 9.59 Å². The van der Waals surface area contributed by atoms with Gasteiger partial charge in [-0.3, -0.25) is 15.0 Å². The topological polar surface area (TPSA) is 87.5 Å². The van der Waals surface area contributed by atoms with Crippen molar-refractivity contribution in [1.29, 1.82) is 0 Å². The van der Waals surface area contributed by atoms with Crippen molar-refractivity contribution in [1.82, 2.24) is 15.5 Å². The van der Waals surface area contributed by atoms with Gasteiger partial charge in [-0.2, -0.15) is 0 Å². The quantitative estimate of drug-likeness (QED) is 0.537. The standard InChI is InChI=1S/C9H20N4O2/c1-3-11-9(15)12-8(14)7-13(2)6-4-5-10/h3-7,10H2,1-2H3,(H2,11,12,14,15). The van der Waals surface area contributed by atoms with Crippen molar-refractivity contribution in [2.24, 2.45) is 5.73 Å². The summed E-state index contributed by atoms with van der Waals surface area (Å²) in [4.78, 5) is 24.0. The Bertz CT molecular complexity index is 208. The first-order chi connectivity index (χ1) is 7.10. The fraction of sp³-hybridized carbons (Fsp3) is 0.778. The molecule has 88 valence electrons. The molecule has 3 amide bonds. The highest BCUT2D eigenvalue weighted by atomic mass is 16.2. The molecule has 0 fully saturated rings. The molecular weight excluding hydrogens is 196 g/mol. The van der Waals surface area contributed by atoms with Crippen LogP contribution in [0, 0.1) is 0 Å². The predicted molar refractivity (Wildman–Crippen MR) is 58.4 cm³/mol. The lowest BCUT2D eigenvalue weighted by atomic mass is 10.4. The van der Waals surface area contributed by atoms with E-state index in [2.05, 4.69) is 10.6 Å². The molecule has 0 bridgehead atoms. The van der Waals surface area contributed by atoms with E-state index in [0.717, 1.165) is 13.0 Å². The van der Waals surface area contributed by atoms with Crippen LogP contribution in [0.4, 0.5) is 4.79 Å². The van der Waals surface area contributed by atoms with Crippen LogP contribution in [0.1, 0.15) is 13.3 Å². The number of likely N-dealkylation sites (N-methyl/N-ethyl adjacent to an activating group) is 1. The summed E-state index contributed by atoms with van der Waals surface area (Å²) in [5.41, 5.74) is 5.34. The highest BCUT2D eigenvalue weighted by Crippen LogP contribution is 1.85. The minimum Gasteiger partial charge on any atom is -0.338 e. The van der Waals surface area contributed by atoms with Crippen LogP contribution >= 0.6 is 0 Å². The number of rotatable bonds is 6. The van der Waals surface area contributed by atoms with Crippen LogP contribution in [0.3, 0.4) is 0 Å². The Morgan fingerprint density at radius 1 is 1.40 bits per heavy atom. The van der Waals surface area contributed by atoms with E-state index in [1.807, 2.05) is 11.9 Å². The van der Waals surface area contributed by atoms with Gasteiger partial charge in [0, 0.05) is 6.54 Å². The highest BCUT2D eigenvalue weighted by Gasteiger charge is 2.08. The molecular formula is C9H20N4O2. The second-order valence-corrected chi connectivity index (χ2v) is 3.29. The Labute approximate surface area is 90.2 Å². The minimum atomic E-state index is -0.449. The molecule has 0 aromatic heterocycles. The van der Waals surface area contributed by atoms with Crippen LogP contribution in [-0.4, -0.2) is 50.1 Å². The molecule has 0 saturated carbocycles. The SMILES string of the molecule is CCNC(=O)NC(=O)CN(C)CCCN. The van der Waals surface area contributed by atoms with Crippen molar-refractivity contribution in [3.05, 3.63) is 0 Å². The third kappa shape index (κ3) is 7.90. The zero-order valence-electron chi connectivity index (χ0n) is 9.38. The Morgan fingerprint density at radius 2 is 2.07 bits per heavy atom. The summed E-state index contributed by atoms with van der Waals surface area (Å²) in [5, 5.41) is 4.71. The van der Waals surface area contributed by atoms with E-state index < -0.39 is 6.03 Å². The fourth-order valence-corrected chi connectivity index (χ4v) is 1.06. The lowest BCUT2D eigenvalue weighted by molar-refractivity contribution is -0.120. The van der Waals surface area contributed by atoms with Crippen LogP contribution in [0.5, 0.6) is 0 Å². The predicted octanol–water partition coefficient (Wildman–Crippen LogP) is -0.887. The van der Waals surface area contributed by atoms with Gasteiger partial charge in [0.15, 0.2) is 0 Å². The molecule has 0 aliphatic heterocycles. The molecule has 15 heavy (non-hydrogen) atoms. The smallest absolute Gasteiger partial charge is 0.321 e. The molecule has 4 N–H and O–H groups in total. The number of amides is 3. The van der Waals surface area contributed by atoms with E-state index in [1.165, 1.54) is 0 Å². The number of nitrogens with one attached hydrogen (secondary N) is 2. The molecule has 0 spiro atoms. The molecule has 0 rings (SSSR count). The Hall–Kier alpha value is -1.14. The average Bonchev–Trinajstić information content (AvgIpc) is 2.14. The molecule has 0 aromatic rings. The Balaban J connectivity index is 3.68. The number of carbonyl (C=O) groups is 2. The largest absolute Gasteiger partial charge is 0.338 e. The number of carbonyl (C=O) groups excluding carboxylic acids is 2. The lowest BCUT2D eigenvalue weighted by Crippen LogP contribution is -2.43. The van der Waals surface area contributed by atoms with E-state index in [-0.39, 0.29) is 12.5 Å². The van der Waals surface area contributed by atoms with Gasteiger partial charge in [0.1, 0.15) is 0 Å². The Kier molecular flexibility index (Phi) is 7.57. The van der Waals surface area contributed by atoms with Crippen molar-refractivity contribution in [3.8, 4) is 0 Å². The van der Waals surface area contributed by atoms with Crippen molar-refractivity contribution in [2.45, 2.75) is 13.3 Å². The monoisotopic (exact) mass is 216 g/mol. The van der Waals surface area contributed by atoms with Crippen LogP contribution in [-0.2, 0) is 4.79 Å². The zero-order valence-corrected chi connectivity index (χ0v) is 9.38. The van der Waals surface area contributed by atoms with E-state index >= 15 is 0 Å². The molecule has 0 atom stereocenters. The summed E-state index contributed by atoms with van der Waals surface area (Å²) in [6.45, 7) is 3.85. The highest BCUT2D eigenvalue weighted by molar-refractivity contribution is 5.95. The minimum absolute atomic E-state index is 0.205. The van der Waals surface area contributed by atoms with E-state index in [1.54, 1.807) is 6.92 Å². The summed E-state index contributed by atoms with van der Waals surface area (Å²) >= 11 is 0. The van der Waals surface area contributed by atoms with Gasteiger partial charge in [0.2, 0.25) is 5.91 Å². The van der Waals surface area contributed by atoms with E-state index in [9.17, 15) is 9.59 Å². The molecule has 0 aliphatic carbocycles. The summed E-state index contributed by atoms with van der Waals surface area (Å²) in [7, 11) is 1.81. The summed E-state index contributed by atoms with van der Waals surface area (Å²) < 4.78 is 0. The second-order valence-electron chi connectivity index (χ2n) is 3.29. The average molecular weight is 216 g/mol. The third-order valence-electron chi connectivity index (χ3n) is 1.75. The van der Waals surface area contributed by atoms with Gasteiger partial charge in [-0.25, -0.2) is 4.79 Å². The Morgan fingerprint density at radius 3 is 2.60 bits per heavy atom. The number of hydrogen-bond acceptors (Lipinski definition) is 4. The van der Waals surface area contributed by atoms with Crippen molar-refractivity contribution >= 4 is 11.9 Å². The van der Waals surface area contributed by atoms with E-state index in [4.69, 9.17) is 5.73 Å². The van der Waals surface area contributed by atoms with Crippen molar-refractivity contribution in [3.63, 3.8) is 0 Å². The van der Waals surface area contributed by atoms with Crippen LogP contribution in [0.15, 0.2) is 0 Å². The first-order valence-electron chi connectivity index (χ1n) is 5.06. The van der Waals surface area contributed by atoms with E-state index in [0.29, 0.717) is 13.1 Å². The molecule has 0 saturated heterocycles. The van der Waals surface area contributed by atoms with Gasteiger partial charge in [-0.05, 0) is 33.5 Å². The van der Waals surface area contributed by atoms with Gasteiger partial charge < -0.3 is 11.1 Å². The maximum Gasteiger partial charge on any atom is 0.321 e. The van der Waals surface area contributed by atoms with Gasteiger partial charge in [0.25, 0.3) is 0 Å². The summed E-state index contributed by atoms with van der Waals surface area (Å²) in [6, 6.07) is -0.449. The normalized spacial score (nSPS) is 10.1. The molecule has 0 aromatic carbocycles. The lowest BCUT2D eigenvalue weighted by Gasteiger charge is -2.15. The van der Waals surface area contributed by atoms with Crippen LogP contribution in [0.2, 0.25) is 0 Å². The second kappa shape index (κ2) is 8.19. The zero-order chi connectivity index (χ0) is 11.7. The number of urea groups is 1. The number of nitrogens with zero attached hydrogens (tertiary/aromatic N) is 1. The van der Waals surface area contributed by atoms with Gasteiger partial charge in [0.05, 0.1) is 6.54 Å². The fourth-order valence-electron chi connectivity index (χ4n) is 1.06. The summed E-state index contributed by atoms with van der Waals surface area (Å²) in [5.74, 6) is -0.305. The maximum absolute atomic E-state index is 11.3. The molecule has 0 aliphatic rings. The molecule has 0 heterocycles. The first kappa shape index (κ1) is 13.9. The van der Waals surface area contributed by atoms with Gasteiger partial charge in [-0.15, -0.1) is 0 Å². The number of nitrogens with two attached hydrogens (primary N) is 1. The van der Waals surface area contributed by atoms with Gasteiger partial charge >= 0.3 is 6.03 Å². The van der Waals surface area contributed by atoms with Crippen LogP contribution < -0.4 is 16.4 Å². The summed E-state index contributed by atoms with van der Waals surface area (Å²) in [6.07, 6.45) is 0.838. The molecule has 0 unspecified atom stereocenters. The van der Waals surface area contributed by atoms with Crippen molar-refractivity contribution in [2.75, 3.05) is 33.2 Å². The number of hydrogen-bond donors (Lipinski definition) is 3. The molecule has 6 heteroatoms. The number of imide groups is 1. The first-order valence-corrected chi connectivity index (χ1v) is 5.06. The molecule has 6 nitrogen and oxygen atoms in total. The molecule has 0 radical (unpaired) electrons.